The Labute approximate surface area is 125 Å². The van der Waals surface area contributed by atoms with Crippen molar-refractivity contribution in [3.05, 3.63) is 18.2 Å². The molecule has 0 aromatic carbocycles. The number of β-amino-alcohol motifs (C(OH)–C–C–N with tert-alkyl or cyclic N) is 1. The zero-order chi connectivity index (χ0) is 14.8. The third-order valence-corrected chi connectivity index (χ3v) is 4.57. The van der Waals surface area contributed by atoms with Gasteiger partial charge >= 0.3 is 0 Å². The highest BCUT2D eigenvalue weighted by Gasteiger charge is 2.34. The van der Waals surface area contributed by atoms with Crippen molar-refractivity contribution in [1.82, 2.24) is 19.8 Å². The van der Waals surface area contributed by atoms with E-state index in [4.69, 9.17) is 0 Å². The fraction of sp³-hybridized carbons (Fsp3) is 0.733. The molecule has 2 N–H and O–H groups in total. The molecule has 0 radical (unpaired) electrons. The van der Waals surface area contributed by atoms with E-state index in [2.05, 4.69) is 21.8 Å². The summed E-state index contributed by atoms with van der Waals surface area (Å²) in [6.45, 7) is 4.19. The molecule has 2 aliphatic rings. The van der Waals surface area contributed by atoms with E-state index < -0.39 is 0 Å². The first-order valence-electron chi connectivity index (χ1n) is 7.91. The minimum atomic E-state index is -0.389. The van der Waals surface area contributed by atoms with Gasteiger partial charge < -0.3 is 19.9 Å². The molecule has 0 saturated carbocycles. The van der Waals surface area contributed by atoms with Crippen LogP contribution in [0.1, 0.15) is 38.1 Å². The van der Waals surface area contributed by atoms with Crippen LogP contribution in [0.4, 0.5) is 0 Å². The molecule has 6 nitrogen and oxygen atoms in total. The highest BCUT2D eigenvalue weighted by Crippen LogP contribution is 2.24. The maximum Gasteiger partial charge on any atom is 0.239 e. The first kappa shape index (κ1) is 14.5. The molecule has 0 spiro atoms. The van der Waals surface area contributed by atoms with Crippen LogP contribution in [0, 0.1) is 0 Å². The molecule has 3 heterocycles. The van der Waals surface area contributed by atoms with E-state index in [0.29, 0.717) is 19.0 Å². The van der Waals surface area contributed by atoms with Gasteiger partial charge in [0, 0.05) is 38.4 Å². The van der Waals surface area contributed by atoms with E-state index in [1.165, 1.54) is 0 Å². The van der Waals surface area contributed by atoms with Gasteiger partial charge in [-0.1, -0.05) is 6.92 Å². The summed E-state index contributed by atoms with van der Waals surface area (Å²) in [5, 5.41) is 12.7. The standard InChI is InChI=1S/C15H24N4O2/c1-2-14-16-5-7-19(14)11-4-3-6-18(10-11)15(21)13-8-12(20)9-17-13/h5,7,11-13,17,20H,2-4,6,8-10H2,1H3. The van der Waals surface area contributed by atoms with Gasteiger partial charge in [-0.2, -0.15) is 0 Å². The van der Waals surface area contributed by atoms with Crippen molar-refractivity contribution in [2.45, 2.75) is 50.8 Å². The molecule has 2 saturated heterocycles. The summed E-state index contributed by atoms with van der Waals surface area (Å²) in [7, 11) is 0. The molecule has 1 aromatic rings. The minimum absolute atomic E-state index is 0.134. The third kappa shape index (κ3) is 2.96. The van der Waals surface area contributed by atoms with Crippen molar-refractivity contribution >= 4 is 5.91 Å². The maximum absolute atomic E-state index is 12.5. The number of nitrogens with one attached hydrogen (secondary N) is 1. The molecular weight excluding hydrogens is 268 g/mol. The number of carbonyl (C=O) groups excluding carboxylic acids is 1. The normalized spacial score (nSPS) is 29.8. The lowest BCUT2D eigenvalue weighted by Gasteiger charge is -2.35. The van der Waals surface area contributed by atoms with Crippen LogP contribution in [-0.4, -0.2) is 57.2 Å². The summed E-state index contributed by atoms with van der Waals surface area (Å²) >= 11 is 0. The number of aromatic nitrogens is 2. The Morgan fingerprint density at radius 2 is 2.43 bits per heavy atom. The van der Waals surface area contributed by atoms with Crippen LogP contribution in [0.25, 0.3) is 0 Å². The van der Waals surface area contributed by atoms with Crippen LogP contribution in [0.3, 0.4) is 0 Å². The number of aliphatic hydroxyl groups is 1. The van der Waals surface area contributed by atoms with Crippen LogP contribution in [0.15, 0.2) is 12.4 Å². The zero-order valence-electron chi connectivity index (χ0n) is 12.5. The predicted molar refractivity (Wildman–Crippen MR) is 78.9 cm³/mol. The van der Waals surface area contributed by atoms with E-state index >= 15 is 0 Å². The van der Waals surface area contributed by atoms with E-state index in [1.54, 1.807) is 0 Å². The number of carbonyl (C=O) groups is 1. The Kier molecular flexibility index (Phi) is 4.26. The predicted octanol–water partition coefficient (Wildman–Crippen LogP) is 0.332. The Morgan fingerprint density at radius 1 is 1.57 bits per heavy atom. The lowest BCUT2D eigenvalue weighted by molar-refractivity contribution is -0.134. The number of hydrogen-bond donors (Lipinski definition) is 2. The number of piperidine rings is 1. The summed E-state index contributed by atoms with van der Waals surface area (Å²) < 4.78 is 2.22. The second-order valence-corrected chi connectivity index (χ2v) is 6.03. The topological polar surface area (TPSA) is 70.4 Å². The SMILES string of the molecule is CCc1nccn1C1CCCN(C(=O)C2CC(O)CN2)C1. The molecule has 0 aliphatic carbocycles. The first-order valence-corrected chi connectivity index (χ1v) is 7.91. The van der Waals surface area contributed by atoms with Crippen molar-refractivity contribution in [2.75, 3.05) is 19.6 Å². The van der Waals surface area contributed by atoms with Gasteiger partial charge in [-0.15, -0.1) is 0 Å². The van der Waals surface area contributed by atoms with Crippen LogP contribution in [0.2, 0.25) is 0 Å². The minimum Gasteiger partial charge on any atom is -0.392 e. The quantitative estimate of drug-likeness (QED) is 0.842. The highest BCUT2D eigenvalue weighted by atomic mass is 16.3. The number of imidazole rings is 1. The van der Waals surface area contributed by atoms with E-state index in [1.807, 2.05) is 17.3 Å². The highest BCUT2D eigenvalue weighted by molar-refractivity contribution is 5.82. The second-order valence-electron chi connectivity index (χ2n) is 6.03. The van der Waals surface area contributed by atoms with Gasteiger partial charge in [0.2, 0.25) is 5.91 Å². The largest absolute Gasteiger partial charge is 0.392 e. The molecule has 1 amide bonds. The number of rotatable bonds is 3. The summed E-state index contributed by atoms with van der Waals surface area (Å²) in [5.41, 5.74) is 0. The molecule has 116 valence electrons. The van der Waals surface area contributed by atoms with Crippen LogP contribution in [-0.2, 0) is 11.2 Å². The van der Waals surface area contributed by atoms with Crippen LogP contribution in [0.5, 0.6) is 0 Å². The van der Waals surface area contributed by atoms with Crippen molar-refractivity contribution in [2.24, 2.45) is 0 Å². The number of aryl methyl sites for hydroxylation is 1. The molecule has 3 rings (SSSR count). The van der Waals surface area contributed by atoms with Gasteiger partial charge in [0.1, 0.15) is 5.82 Å². The average molecular weight is 292 g/mol. The smallest absolute Gasteiger partial charge is 0.239 e. The average Bonchev–Trinajstić information content (AvgIpc) is 3.15. The van der Waals surface area contributed by atoms with Gasteiger partial charge in [-0.05, 0) is 19.3 Å². The number of amides is 1. The van der Waals surface area contributed by atoms with Gasteiger partial charge in [0.15, 0.2) is 0 Å². The molecule has 6 heteroatoms. The Bertz CT molecular complexity index is 502. The third-order valence-electron chi connectivity index (χ3n) is 4.57. The maximum atomic E-state index is 12.5. The molecular formula is C15H24N4O2. The van der Waals surface area contributed by atoms with Gasteiger partial charge in [-0.25, -0.2) is 4.98 Å². The summed E-state index contributed by atoms with van der Waals surface area (Å²) in [6.07, 6.45) is 7.03. The Morgan fingerprint density at radius 3 is 3.14 bits per heavy atom. The molecule has 1 aromatic heterocycles. The zero-order valence-corrected chi connectivity index (χ0v) is 12.5. The lowest BCUT2D eigenvalue weighted by atomic mass is 10.0. The number of nitrogens with zero attached hydrogens (tertiary/aromatic N) is 3. The summed E-state index contributed by atoms with van der Waals surface area (Å²) in [4.78, 5) is 18.9. The van der Waals surface area contributed by atoms with Crippen molar-refractivity contribution < 1.29 is 9.90 Å². The molecule has 21 heavy (non-hydrogen) atoms. The van der Waals surface area contributed by atoms with Gasteiger partial charge in [-0.3, -0.25) is 4.79 Å². The summed E-state index contributed by atoms with van der Waals surface area (Å²) in [6, 6.07) is 0.110. The first-order chi connectivity index (χ1) is 10.2. The van der Waals surface area contributed by atoms with Gasteiger partial charge in [0.05, 0.1) is 18.2 Å². The van der Waals surface area contributed by atoms with Crippen molar-refractivity contribution in [3.8, 4) is 0 Å². The van der Waals surface area contributed by atoms with Crippen molar-refractivity contribution in [3.63, 3.8) is 0 Å². The second kappa shape index (κ2) is 6.15. The van der Waals surface area contributed by atoms with Crippen LogP contribution < -0.4 is 5.32 Å². The molecule has 2 fully saturated rings. The molecule has 2 aliphatic heterocycles. The lowest BCUT2D eigenvalue weighted by Crippen LogP contribution is -2.48. The fourth-order valence-corrected chi connectivity index (χ4v) is 3.46. The number of likely N-dealkylation sites (tertiary alicyclic amines) is 1. The summed E-state index contributed by atoms with van der Waals surface area (Å²) in [5.74, 6) is 1.22. The van der Waals surface area contributed by atoms with E-state index in [-0.39, 0.29) is 18.1 Å². The van der Waals surface area contributed by atoms with Crippen molar-refractivity contribution in [1.29, 1.82) is 0 Å². The molecule has 3 unspecified atom stereocenters. The number of aliphatic hydroxyl groups excluding tert-OH is 1. The monoisotopic (exact) mass is 292 g/mol. The molecule has 0 bridgehead atoms. The van der Waals surface area contributed by atoms with Gasteiger partial charge in [0.25, 0.3) is 0 Å². The Hall–Kier alpha value is -1.40. The van der Waals surface area contributed by atoms with E-state index in [9.17, 15) is 9.90 Å². The fourth-order valence-electron chi connectivity index (χ4n) is 3.46. The van der Waals surface area contributed by atoms with Crippen LogP contribution >= 0.6 is 0 Å². The molecule has 3 atom stereocenters. The number of hydrogen-bond acceptors (Lipinski definition) is 4. The Balaban J connectivity index is 1.67. The van der Waals surface area contributed by atoms with E-state index in [0.717, 1.165) is 38.2 Å².